The predicted octanol–water partition coefficient (Wildman–Crippen LogP) is 1.62. The lowest BCUT2D eigenvalue weighted by Crippen LogP contribution is -2.03. The average molecular weight is 232 g/mol. The topological polar surface area (TPSA) is 72.3 Å². The van der Waals surface area contributed by atoms with Crippen LogP contribution in [0.5, 0.6) is 0 Å². The standard InChI is InChI=1S/C12H12N2O3/c15-11(16)4-7-17-8-9-2-1-3-10-12(9)14-6-5-13-10/h1-3,5-6H,4,7-8H2,(H,15,16). The van der Waals surface area contributed by atoms with Gasteiger partial charge >= 0.3 is 5.97 Å². The lowest BCUT2D eigenvalue weighted by molar-refractivity contribution is -0.138. The Morgan fingerprint density at radius 1 is 1.29 bits per heavy atom. The number of aromatic nitrogens is 2. The number of hydrogen-bond donors (Lipinski definition) is 1. The van der Waals surface area contributed by atoms with Crippen molar-refractivity contribution in [2.75, 3.05) is 6.61 Å². The zero-order chi connectivity index (χ0) is 12.1. The van der Waals surface area contributed by atoms with Crippen LogP contribution in [0, 0.1) is 0 Å². The normalized spacial score (nSPS) is 10.6. The van der Waals surface area contributed by atoms with Crippen LogP contribution in [-0.2, 0) is 16.1 Å². The summed E-state index contributed by atoms with van der Waals surface area (Å²) in [7, 11) is 0. The molecule has 17 heavy (non-hydrogen) atoms. The molecule has 0 amide bonds. The highest BCUT2D eigenvalue weighted by atomic mass is 16.5. The van der Waals surface area contributed by atoms with Crippen LogP contribution in [0.15, 0.2) is 30.6 Å². The smallest absolute Gasteiger partial charge is 0.305 e. The maximum Gasteiger partial charge on any atom is 0.305 e. The Labute approximate surface area is 98.1 Å². The monoisotopic (exact) mass is 232 g/mol. The van der Waals surface area contributed by atoms with Gasteiger partial charge in [-0.3, -0.25) is 14.8 Å². The lowest BCUT2D eigenvalue weighted by Gasteiger charge is -2.05. The zero-order valence-electron chi connectivity index (χ0n) is 9.17. The lowest BCUT2D eigenvalue weighted by atomic mass is 10.2. The van der Waals surface area contributed by atoms with Gasteiger partial charge in [-0.2, -0.15) is 0 Å². The van der Waals surface area contributed by atoms with Gasteiger partial charge in [0.2, 0.25) is 0 Å². The van der Waals surface area contributed by atoms with Gasteiger partial charge in [0, 0.05) is 18.0 Å². The van der Waals surface area contributed by atoms with Gasteiger partial charge in [-0.05, 0) is 6.07 Å². The molecule has 2 rings (SSSR count). The molecule has 88 valence electrons. The summed E-state index contributed by atoms with van der Waals surface area (Å²) in [6.07, 6.45) is 3.27. The molecule has 5 heteroatoms. The minimum absolute atomic E-state index is 0.0104. The quantitative estimate of drug-likeness (QED) is 0.793. The number of hydrogen-bond acceptors (Lipinski definition) is 4. The van der Waals surface area contributed by atoms with Crippen molar-refractivity contribution in [2.45, 2.75) is 13.0 Å². The Kier molecular flexibility index (Phi) is 3.62. The van der Waals surface area contributed by atoms with E-state index in [0.29, 0.717) is 6.61 Å². The van der Waals surface area contributed by atoms with E-state index < -0.39 is 5.97 Å². The first kappa shape index (κ1) is 11.5. The third kappa shape index (κ3) is 2.98. The van der Waals surface area contributed by atoms with E-state index in [0.717, 1.165) is 16.6 Å². The Hall–Kier alpha value is -2.01. The second-order valence-electron chi connectivity index (χ2n) is 3.54. The van der Waals surface area contributed by atoms with Crippen LogP contribution in [0.4, 0.5) is 0 Å². The minimum atomic E-state index is -0.859. The molecule has 0 saturated heterocycles. The predicted molar refractivity (Wildman–Crippen MR) is 61.4 cm³/mol. The van der Waals surface area contributed by atoms with E-state index in [9.17, 15) is 4.79 Å². The number of fused-ring (bicyclic) bond motifs is 1. The number of carboxylic acid groups (broad SMARTS) is 1. The Morgan fingerprint density at radius 3 is 2.94 bits per heavy atom. The van der Waals surface area contributed by atoms with E-state index in [1.165, 1.54) is 0 Å². The number of rotatable bonds is 5. The van der Waals surface area contributed by atoms with Crippen LogP contribution in [0.25, 0.3) is 11.0 Å². The molecule has 0 spiro atoms. The van der Waals surface area contributed by atoms with Gasteiger partial charge in [0.1, 0.15) is 0 Å². The number of para-hydroxylation sites is 1. The number of ether oxygens (including phenoxy) is 1. The van der Waals surface area contributed by atoms with Crippen LogP contribution in [-0.4, -0.2) is 27.7 Å². The maximum absolute atomic E-state index is 10.3. The molecule has 1 N–H and O–H groups in total. The summed E-state index contributed by atoms with van der Waals surface area (Å²) < 4.78 is 5.29. The number of aliphatic carboxylic acids is 1. The molecule has 1 heterocycles. The number of benzene rings is 1. The van der Waals surface area contributed by atoms with Gasteiger partial charge in [-0.15, -0.1) is 0 Å². The third-order valence-electron chi connectivity index (χ3n) is 2.30. The van der Waals surface area contributed by atoms with E-state index in [1.54, 1.807) is 12.4 Å². The molecular formula is C12H12N2O3. The molecule has 0 fully saturated rings. The molecule has 0 aliphatic carbocycles. The summed E-state index contributed by atoms with van der Waals surface area (Å²) in [5.74, 6) is -0.859. The highest BCUT2D eigenvalue weighted by Gasteiger charge is 2.03. The van der Waals surface area contributed by atoms with Crippen molar-refractivity contribution in [3.05, 3.63) is 36.2 Å². The van der Waals surface area contributed by atoms with Crippen molar-refractivity contribution < 1.29 is 14.6 Å². The average Bonchev–Trinajstić information content (AvgIpc) is 2.34. The Balaban J connectivity index is 2.05. The maximum atomic E-state index is 10.3. The molecule has 0 aliphatic heterocycles. The highest BCUT2D eigenvalue weighted by molar-refractivity contribution is 5.77. The summed E-state index contributed by atoms with van der Waals surface area (Å²) in [5.41, 5.74) is 2.53. The van der Waals surface area contributed by atoms with Gasteiger partial charge in [-0.25, -0.2) is 0 Å². The Bertz CT molecular complexity index is 523. The van der Waals surface area contributed by atoms with Crippen LogP contribution < -0.4 is 0 Å². The van der Waals surface area contributed by atoms with E-state index in [2.05, 4.69) is 9.97 Å². The second kappa shape index (κ2) is 5.36. The van der Waals surface area contributed by atoms with Gasteiger partial charge < -0.3 is 9.84 Å². The number of nitrogens with zero attached hydrogens (tertiary/aromatic N) is 2. The van der Waals surface area contributed by atoms with Crippen molar-refractivity contribution >= 4 is 17.0 Å². The fraction of sp³-hybridized carbons (Fsp3) is 0.250. The van der Waals surface area contributed by atoms with Crippen molar-refractivity contribution in [1.82, 2.24) is 9.97 Å². The summed E-state index contributed by atoms with van der Waals surface area (Å²) in [6, 6.07) is 5.66. The van der Waals surface area contributed by atoms with Crippen LogP contribution in [0.2, 0.25) is 0 Å². The molecule has 1 aromatic carbocycles. The van der Waals surface area contributed by atoms with E-state index >= 15 is 0 Å². The van der Waals surface area contributed by atoms with Crippen LogP contribution in [0.1, 0.15) is 12.0 Å². The Morgan fingerprint density at radius 2 is 2.12 bits per heavy atom. The molecule has 0 saturated carbocycles. The van der Waals surface area contributed by atoms with E-state index in [1.807, 2.05) is 18.2 Å². The SMILES string of the molecule is O=C(O)CCOCc1cccc2nccnc12. The third-order valence-corrected chi connectivity index (χ3v) is 2.30. The largest absolute Gasteiger partial charge is 0.481 e. The zero-order valence-corrected chi connectivity index (χ0v) is 9.17. The molecular weight excluding hydrogens is 220 g/mol. The summed E-state index contributed by atoms with van der Waals surface area (Å²) in [5, 5.41) is 8.48. The first-order valence-corrected chi connectivity index (χ1v) is 5.25. The molecule has 1 aromatic heterocycles. The molecule has 0 radical (unpaired) electrons. The van der Waals surface area contributed by atoms with Gasteiger partial charge in [0.25, 0.3) is 0 Å². The van der Waals surface area contributed by atoms with E-state index in [-0.39, 0.29) is 13.0 Å². The van der Waals surface area contributed by atoms with Crippen molar-refractivity contribution in [3.63, 3.8) is 0 Å². The minimum Gasteiger partial charge on any atom is -0.481 e. The number of carbonyl (C=O) groups is 1. The first-order valence-electron chi connectivity index (χ1n) is 5.25. The molecule has 0 atom stereocenters. The summed E-state index contributed by atoms with van der Waals surface area (Å²) in [4.78, 5) is 18.7. The molecule has 0 unspecified atom stereocenters. The molecule has 2 aromatic rings. The van der Waals surface area contributed by atoms with Crippen molar-refractivity contribution in [2.24, 2.45) is 0 Å². The molecule has 0 aliphatic rings. The fourth-order valence-electron chi connectivity index (χ4n) is 1.51. The summed E-state index contributed by atoms with van der Waals surface area (Å²) >= 11 is 0. The highest BCUT2D eigenvalue weighted by Crippen LogP contribution is 2.14. The first-order chi connectivity index (χ1) is 8.27. The summed E-state index contributed by atoms with van der Waals surface area (Å²) in [6.45, 7) is 0.551. The van der Waals surface area contributed by atoms with Crippen LogP contribution >= 0.6 is 0 Å². The molecule has 5 nitrogen and oxygen atoms in total. The van der Waals surface area contributed by atoms with Crippen LogP contribution in [0.3, 0.4) is 0 Å². The van der Waals surface area contributed by atoms with E-state index in [4.69, 9.17) is 9.84 Å². The van der Waals surface area contributed by atoms with Gasteiger partial charge in [-0.1, -0.05) is 12.1 Å². The van der Waals surface area contributed by atoms with Crippen molar-refractivity contribution in [1.29, 1.82) is 0 Å². The fourth-order valence-corrected chi connectivity index (χ4v) is 1.51. The van der Waals surface area contributed by atoms with Gasteiger partial charge in [0.05, 0.1) is 30.7 Å². The van der Waals surface area contributed by atoms with Crippen molar-refractivity contribution in [3.8, 4) is 0 Å². The molecule has 0 bridgehead atoms. The van der Waals surface area contributed by atoms with Gasteiger partial charge in [0.15, 0.2) is 0 Å². The second-order valence-corrected chi connectivity index (χ2v) is 3.54. The number of carboxylic acids is 1.